The maximum atomic E-state index is 13.5. The predicted octanol–water partition coefficient (Wildman–Crippen LogP) is 7.18. The highest BCUT2D eigenvalue weighted by atomic mass is 16.5. The van der Waals surface area contributed by atoms with E-state index in [0.29, 0.717) is 62.3 Å². The minimum atomic E-state index is -0.598. The summed E-state index contributed by atoms with van der Waals surface area (Å²) in [6.45, 7) is 0. The van der Waals surface area contributed by atoms with Gasteiger partial charge in [0.2, 0.25) is 17.7 Å². The number of carbonyl (C=O) groups is 4. The Morgan fingerprint density at radius 1 is 0.604 bits per heavy atom. The molecule has 2 aromatic carbocycles. The van der Waals surface area contributed by atoms with Gasteiger partial charge in [-0.15, -0.1) is 0 Å². The Hall–Kier alpha value is -4.54. The second kappa shape index (κ2) is 17.1. The van der Waals surface area contributed by atoms with Crippen molar-refractivity contribution in [2.45, 2.75) is 128 Å². The standard InChI is InChI=1S/C42H51N3O8/c46-37(43-30-9-3-1-4-10-30)26-15-19-28(20-16-26)40(48)51-32-23-24-36(34(25-32)39-45-35-14-8-7-13-33(35)42(50)53-39)52-41(49)29-21-17-27(18-22-29)38(47)44-31-11-5-2-6-12-31/h7-8,13-14,23-31H,1-6,9-12,15-22H2,(H,43,46)(H,44,47). The number of para-hydroxylation sites is 1. The summed E-state index contributed by atoms with van der Waals surface area (Å²) in [4.78, 5) is 70.3. The molecule has 2 amide bonds. The molecule has 0 bridgehead atoms. The average Bonchev–Trinajstić information content (AvgIpc) is 3.19. The van der Waals surface area contributed by atoms with E-state index < -0.39 is 23.5 Å². The highest BCUT2D eigenvalue weighted by molar-refractivity contribution is 5.83. The molecule has 4 aliphatic rings. The summed E-state index contributed by atoms with van der Waals surface area (Å²) < 4.78 is 17.4. The lowest BCUT2D eigenvalue weighted by Crippen LogP contribution is -2.41. The minimum Gasteiger partial charge on any atom is -0.426 e. The van der Waals surface area contributed by atoms with Crippen molar-refractivity contribution in [3.8, 4) is 23.0 Å². The first-order valence-electron chi connectivity index (χ1n) is 19.9. The zero-order chi connectivity index (χ0) is 36.7. The molecular weight excluding hydrogens is 674 g/mol. The first-order valence-corrected chi connectivity index (χ1v) is 19.9. The van der Waals surface area contributed by atoms with Gasteiger partial charge in [-0.25, -0.2) is 9.78 Å². The van der Waals surface area contributed by atoms with E-state index >= 15 is 0 Å². The number of amides is 2. The van der Waals surface area contributed by atoms with Crippen molar-refractivity contribution in [1.82, 2.24) is 15.6 Å². The molecule has 7 rings (SSSR count). The van der Waals surface area contributed by atoms with E-state index in [0.717, 1.165) is 51.4 Å². The summed E-state index contributed by atoms with van der Waals surface area (Å²) in [5, 5.41) is 6.76. The van der Waals surface area contributed by atoms with Crippen molar-refractivity contribution >= 4 is 34.7 Å². The van der Waals surface area contributed by atoms with Crippen LogP contribution in [0.15, 0.2) is 51.7 Å². The Bertz CT molecular complexity index is 1840. The first kappa shape index (κ1) is 36.8. The smallest absolute Gasteiger partial charge is 0.347 e. The molecule has 0 spiro atoms. The highest BCUT2D eigenvalue weighted by Gasteiger charge is 2.34. The van der Waals surface area contributed by atoms with Crippen molar-refractivity contribution in [3.63, 3.8) is 0 Å². The SMILES string of the molecule is O=C(NC1CCCCC1)C1CCC(C(=O)Oc2ccc(OC(=O)C3CCC(C(=O)NC4CCCCC4)CC3)c(-c3nc4ccccc4c(=O)o3)c2)CC1. The molecule has 2 N–H and O–H groups in total. The summed E-state index contributed by atoms with van der Waals surface area (Å²) in [5.41, 5.74) is 0.0158. The van der Waals surface area contributed by atoms with Gasteiger partial charge in [-0.3, -0.25) is 19.2 Å². The number of nitrogens with one attached hydrogen (secondary N) is 2. The van der Waals surface area contributed by atoms with E-state index in [1.165, 1.54) is 25.0 Å². The van der Waals surface area contributed by atoms with Crippen LogP contribution < -0.4 is 25.7 Å². The molecule has 0 aliphatic heterocycles. The average molecular weight is 726 g/mol. The van der Waals surface area contributed by atoms with Crippen LogP contribution in [0, 0.1) is 23.7 Å². The number of hydrogen-bond donors (Lipinski definition) is 2. The van der Waals surface area contributed by atoms with Crippen LogP contribution in [0.3, 0.4) is 0 Å². The molecule has 11 heteroatoms. The van der Waals surface area contributed by atoms with Gasteiger partial charge in [0.15, 0.2) is 0 Å². The number of aromatic nitrogens is 1. The number of ether oxygens (including phenoxy) is 2. The summed E-state index contributed by atoms with van der Waals surface area (Å²) in [6.07, 6.45) is 15.8. The van der Waals surface area contributed by atoms with E-state index in [1.807, 2.05) is 0 Å². The molecule has 53 heavy (non-hydrogen) atoms. The van der Waals surface area contributed by atoms with Crippen LogP contribution >= 0.6 is 0 Å². The molecule has 1 heterocycles. The van der Waals surface area contributed by atoms with Crippen LogP contribution in [-0.2, 0) is 19.2 Å². The Balaban J connectivity index is 1.01. The van der Waals surface area contributed by atoms with Gasteiger partial charge >= 0.3 is 17.6 Å². The molecule has 4 aliphatic carbocycles. The number of esters is 2. The first-order chi connectivity index (χ1) is 25.8. The number of benzene rings is 2. The maximum Gasteiger partial charge on any atom is 0.347 e. The highest BCUT2D eigenvalue weighted by Crippen LogP contribution is 2.37. The molecule has 3 aromatic rings. The van der Waals surface area contributed by atoms with Crippen molar-refractivity contribution < 1.29 is 33.1 Å². The molecule has 0 atom stereocenters. The Labute approximate surface area is 310 Å². The van der Waals surface area contributed by atoms with Crippen molar-refractivity contribution in [2.24, 2.45) is 23.7 Å². The molecule has 0 saturated heterocycles. The van der Waals surface area contributed by atoms with Gasteiger partial charge < -0.3 is 24.5 Å². The topological polar surface area (TPSA) is 154 Å². The monoisotopic (exact) mass is 725 g/mol. The third kappa shape index (κ3) is 9.16. The van der Waals surface area contributed by atoms with Gasteiger partial charge in [0, 0.05) is 23.9 Å². The fourth-order valence-corrected chi connectivity index (χ4v) is 8.67. The van der Waals surface area contributed by atoms with Gasteiger partial charge in [0.05, 0.1) is 28.3 Å². The summed E-state index contributed by atoms with van der Waals surface area (Å²) in [5.74, 6) is -1.36. The molecule has 282 valence electrons. The predicted molar refractivity (Wildman–Crippen MR) is 198 cm³/mol. The molecule has 11 nitrogen and oxygen atoms in total. The molecular formula is C42H51N3O8. The zero-order valence-corrected chi connectivity index (χ0v) is 30.4. The summed E-state index contributed by atoms with van der Waals surface area (Å²) in [6, 6.07) is 11.9. The van der Waals surface area contributed by atoms with Gasteiger partial charge in [-0.1, -0.05) is 50.7 Å². The van der Waals surface area contributed by atoms with Crippen LogP contribution in [0.4, 0.5) is 0 Å². The summed E-state index contributed by atoms with van der Waals surface area (Å²) in [7, 11) is 0. The Morgan fingerprint density at radius 3 is 1.68 bits per heavy atom. The van der Waals surface area contributed by atoms with Crippen LogP contribution in [-0.4, -0.2) is 40.8 Å². The van der Waals surface area contributed by atoms with Gasteiger partial charge in [0.25, 0.3) is 0 Å². The molecule has 1 aromatic heterocycles. The van der Waals surface area contributed by atoms with E-state index in [4.69, 9.17) is 13.9 Å². The third-order valence-electron chi connectivity index (χ3n) is 11.9. The quantitative estimate of drug-likeness (QED) is 0.173. The lowest BCUT2D eigenvalue weighted by atomic mass is 9.81. The summed E-state index contributed by atoms with van der Waals surface area (Å²) >= 11 is 0. The van der Waals surface area contributed by atoms with E-state index in [2.05, 4.69) is 15.6 Å². The van der Waals surface area contributed by atoms with Crippen LogP contribution in [0.5, 0.6) is 11.5 Å². The van der Waals surface area contributed by atoms with Crippen molar-refractivity contribution in [2.75, 3.05) is 0 Å². The van der Waals surface area contributed by atoms with Crippen LogP contribution in [0.1, 0.15) is 116 Å². The zero-order valence-electron chi connectivity index (χ0n) is 30.4. The van der Waals surface area contributed by atoms with Crippen molar-refractivity contribution in [3.05, 3.63) is 52.9 Å². The molecule has 0 radical (unpaired) electrons. The van der Waals surface area contributed by atoms with Crippen molar-refractivity contribution in [1.29, 1.82) is 0 Å². The van der Waals surface area contributed by atoms with Gasteiger partial charge in [0.1, 0.15) is 11.5 Å². The Kier molecular flexibility index (Phi) is 11.9. The molecule has 4 saturated carbocycles. The van der Waals surface area contributed by atoms with Gasteiger partial charge in [-0.2, -0.15) is 0 Å². The van der Waals surface area contributed by atoms with E-state index in [1.54, 1.807) is 30.3 Å². The Morgan fingerprint density at radius 2 is 1.11 bits per heavy atom. The second-order valence-corrected chi connectivity index (χ2v) is 15.6. The van der Waals surface area contributed by atoms with Crippen LogP contribution in [0.2, 0.25) is 0 Å². The number of fused-ring (bicyclic) bond motifs is 1. The number of rotatable bonds is 9. The normalized spacial score (nSPS) is 24.2. The fourth-order valence-electron chi connectivity index (χ4n) is 8.67. The van der Waals surface area contributed by atoms with Crippen LogP contribution in [0.25, 0.3) is 22.4 Å². The lowest BCUT2D eigenvalue weighted by molar-refractivity contribution is -0.142. The largest absolute Gasteiger partial charge is 0.426 e. The lowest BCUT2D eigenvalue weighted by Gasteiger charge is -2.29. The number of hydrogen-bond acceptors (Lipinski definition) is 9. The van der Waals surface area contributed by atoms with Gasteiger partial charge in [-0.05, 0) is 107 Å². The fraction of sp³-hybridized carbons (Fsp3) is 0.571. The minimum absolute atomic E-state index is 0.0676. The maximum absolute atomic E-state index is 13.5. The third-order valence-corrected chi connectivity index (χ3v) is 11.9. The number of nitrogens with zero attached hydrogens (tertiary/aromatic N) is 1. The van der Waals surface area contributed by atoms with E-state index in [-0.39, 0.29) is 64.6 Å². The molecule has 4 fully saturated rings. The molecule has 0 unspecified atom stereocenters. The van der Waals surface area contributed by atoms with E-state index in [9.17, 15) is 24.0 Å². The second-order valence-electron chi connectivity index (χ2n) is 15.6. The number of carbonyl (C=O) groups excluding carboxylic acids is 4.